The number of hydrogen-bond acceptors (Lipinski definition) is 4. The first-order chi connectivity index (χ1) is 18.1. The summed E-state index contributed by atoms with van der Waals surface area (Å²) in [6.45, 7) is 7.81. The number of hydrogen-bond donors (Lipinski definition) is 3. The second-order valence-corrected chi connectivity index (χ2v) is 11.9. The minimum Gasteiger partial charge on any atom is -0.508 e. The van der Waals surface area contributed by atoms with Crippen LogP contribution in [0.25, 0.3) is 0 Å². The van der Waals surface area contributed by atoms with E-state index in [2.05, 4.69) is 22.8 Å². The molecule has 3 amide bonds. The predicted octanol–water partition coefficient (Wildman–Crippen LogP) is 4.34. The Morgan fingerprint density at radius 2 is 1.82 bits per heavy atom. The van der Waals surface area contributed by atoms with Gasteiger partial charge in [-0.2, -0.15) is 0 Å². The average molecular weight is 518 g/mol. The lowest BCUT2D eigenvalue weighted by Crippen LogP contribution is -2.57. The number of fused-ring (bicyclic) bond motifs is 4. The van der Waals surface area contributed by atoms with Crippen LogP contribution in [0.4, 0.5) is 0 Å². The van der Waals surface area contributed by atoms with Crippen molar-refractivity contribution in [2.75, 3.05) is 0 Å². The highest BCUT2D eigenvalue weighted by Gasteiger charge is 2.56. The van der Waals surface area contributed by atoms with Crippen LogP contribution in [0, 0.1) is 11.3 Å². The fourth-order valence-corrected chi connectivity index (χ4v) is 6.68. The van der Waals surface area contributed by atoms with Gasteiger partial charge in [0, 0.05) is 17.9 Å². The van der Waals surface area contributed by atoms with Crippen LogP contribution in [0.3, 0.4) is 0 Å². The van der Waals surface area contributed by atoms with Gasteiger partial charge in [0.05, 0.1) is 12.1 Å². The molecule has 0 spiro atoms. The van der Waals surface area contributed by atoms with Gasteiger partial charge >= 0.3 is 0 Å². The second-order valence-electron chi connectivity index (χ2n) is 11.9. The maximum absolute atomic E-state index is 14.2. The van der Waals surface area contributed by atoms with Gasteiger partial charge in [-0.05, 0) is 60.3 Å². The van der Waals surface area contributed by atoms with Crippen molar-refractivity contribution in [3.8, 4) is 5.75 Å². The number of nitrogens with one attached hydrogen (secondary N) is 2. The molecule has 3 N–H and O–H groups in total. The number of amides is 3. The molecule has 0 bridgehead atoms. The summed E-state index contributed by atoms with van der Waals surface area (Å²) in [5.41, 5.74) is 3.38. The fourth-order valence-electron chi connectivity index (χ4n) is 6.68. The summed E-state index contributed by atoms with van der Waals surface area (Å²) in [5, 5.41) is 17.2. The lowest BCUT2D eigenvalue weighted by atomic mass is 9.80. The standard InChI is InChI=1S/C31H39N3O4/c1-5-18(2)28(36)33-23-16-20-12-9-15-25(35)26(20)24-17-31(3,4)27(34(24)30(23)38)29(37)32-22-14-8-11-19-10-6-7-13-21(19)22/h6-7,9-10,12-13,15,18,22-24,27,35H,5,8,11,14,16-17H2,1-4H3,(H,32,37)(H,33,36)/t18-,22-,23+,24-,27?/m1/s1. The number of carbonyl (C=O) groups excluding carboxylic acids is 3. The topological polar surface area (TPSA) is 98.7 Å². The lowest BCUT2D eigenvalue weighted by molar-refractivity contribution is -0.145. The molecule has 7 heteroatoms. The van der Waals surface area contributed by atoms with Crippen LogP contribution in [0.2, 0.25) is 0 Å². The number of carbonyl (C=O) groups is 3. The molecular formula is C31H39N3O4. The monoisotopic (exact) mass is 517 g/mol. The van der Waals surface area contributed by atoms with Gasteiger partial charge in [0.15, 0.2) is 0 Å². The number of aryl methyl sites for hydroxylation is 1. The molecule has 3 aliphatic rings. The molecule has 1 saturated heterocycles. The lowest BCUT2D eigenvalue weighted by Gasteiger charge is -2.36. The molecule has 0 radical (unpaired) electrons. The van der Waals surface area contributed by atoms with Gasteiger partial charge in [-0.1, -0.05) is 64.1 Å². The van der Waals surface area contributed by atoms with Crippen molar-refractivity contribution in [2.45, 2.75) is 90.4 Å². The summed E-state index contributed by atoms with van der Waals surface area (Å²) in [6.07, 6.45) is 4.32. The summed E-state index contributed by atoms with van der Waals surface area (Å²) in [5.74, 6) is -0.733. The first kappa shape index (κ1) is 26.3. The van der Waals surface area contributed by atoms with E-state index in [0.717, 1.165) is 30.4 Å². The molecule has 2 aliphatic heterocycles. The van der Waals surface area contributed by atoms with E-state index < -0.39 is 23.5 Å². The third kappa shape index (κ3) is 4.56. The molecule has 1 aliphatic carbocycles. The van der Waals surface area contributed by atoms with Crippen LogP contribution in [0.5, 0.6) is 5.75 Å². The molecule has 2 aromatic rings. The van der Waals surface area contributed by atoms with Gasteiger partial charge in [-0.3, -0.25) is 14.4 Å². The highest BCUT2D eigenvalue weighted by Crippen LogP contribution is 2.52. The molecule has 0 saturated carbocycles. The van der Waals surface area contributed by atoms with Crippen LogP contribution in [0.15, 0.2) is 42.5 Å². The van der Waals surface area contributed by atoms with E-state index in [1.54, 1.807) is 17.0 Å². The summed E-state index contributed by atoms with van der Waals surface area (Å²) in [7, 11) is 0. The predicted molar refractivity (Wildman–Crippen MR) is 145 cm³/mol. The van der Waals surface area contributed by atoms with Gasteiger partial charge in [0.2, 0.25) is 17.7 Å². The number of aromatic hydroxyl groups is 1. The largest absolute Gasteiger partial charge is 0.508 e. The van der Waals surface area contributed by atoms with E-state index in [1.165, 1.54) is 5.56 Å². The highest BCUT2D eigenvalue weighted by molar-refractivity contribution is 5.94. The molecule has 1 fully saturated rings. The first-order valence-electron chi connectivity index (χ1n) is 13.9. The Morgan fingerprint density at radius 3 is 2.58 bits per heavy atom. The molecule has 2 aromatic carbocycles. The third-order valence-corrected chi connectivity index (χ3v) is 8.87. The van der Waals surface area contributed by atoms with Crippen molar-refractivity contribution in [2.24, 2.45) is 11.3 Å². The number of rotatable bonds is 5. The van der Waals surface area contributed by atoms with Crippen molar-refractivity contribution >= 4 is 17.7 Å². The first-order valence-corrected chi connectivity index (χ1v) is 13.9. The zero-order valence-corrected chi connectivity index (χ0v) is 22.8. The zero-order valence-electron chi connectivity index (χ0n) is 22.8. The maximum atomic E-state index is 14.2. The Hall–Kier alpha value is -3.35. The SMILES string of the molecule is CC[C@@H](C)C(=O)N[C@H]1Cc2cccc(O)c2[C@H]2CC(C)(C)C(C(=O)N[C@@H]3CCCc4ccccc43)N2C1=O. The molecule has 1 unspecified atom stereocenters. The highest BCUT2D eigenvalue weighted by atomic mass is 16.3. The second kappa shape index (κ2) is 10.1. The molecular weight excluding hydrogens is 478 g/mol. The Labute approximate surface area is 225 Å². The van der Waals surface area contributed by atoms with Gasteiger partial charge < -0.3 is 20.6 Å². The van der Waals surface area contributed by atoms with E-state index >= 15 is 0 Å². The Kier molecular flexibility index (Phi) is 6.97. The summed E-state index contributed by atoms with van der Waals surface area (Å²) in [6, 6.07) is 11.4. The maximum Gasteiger partial charge on any atom is 0.246 e. The molecule has 5 rings (SSSR count). The van der Waals surface area contributed by atoms with Crippen molar-refractivity contribution < 1.29 is 19.5 Å². The van der Waals surface area contributed by atoms with Gasteiger partial charge in [0.1, 0.15) is 17.8 Å². The average Bonchev–Trinajstić information content (AvgIpc) is 3.12. The molecule has 38 heavy (non-hydrogen) atoms. The van der Waals surface area contributed by atoms with Crippen LogP contribution < -0.4 is 10.6 Å². The van der Waals surface area contributed by atoms with Crippen LogP contribution in [-0.2, 0) is 27.2 Å². The minimum absolute atomic E-state index is 0.106. The number of nitrogens with zero attached hydrogens (tertiary/aromatic N) is 1. The van der Waals surface area contributed by atoms with Crippen molar-refractivity contribution in [1.82, 2.24) is 15.5 Å². The van der Waals surface area contributed by atoms with Crippen LogP contribution in [0.1, 0.15) is 87.7 Å². The normalized spacial score (nSPS) is 26.4. The van der Waals surface area contributed by atoms with Crippen molar-refractivity contribution in [3.05, 3.63) is 64.7 Å². The van der Waals surface area contributed by atoms with Crippen LogP contribution in [-0.4, -0.2) is 39.8 Å². The van der Waals surface area contributed by atoms with Crippen molar-refractivity contribution in [3.63, 3.8) is 0 Å². The van der Waals surface area contributed by atoms with E-state index in [-0.39, 0.29) is 41.9 Å². The summed E-state index contributed by atoms with van der Waals surface area (Å²) in [4.78, 5) is 42.8. The van der Waals surface area contributed by atoms with Crippen LogP contribution >= 0.6 is 0 Å². The minimum atomic E-state index is -0.804. The zero-order chi connectivity index (χ0) is 27.2. The van der Waals surface area contributed by atoms with E-state index in [4.69, 9.17) is 0 Å². The third-order valence-electron chi connectivity index (χ3n) is 8.87. The van der Waals surface area contributed by atoms with E-state index in [0.29, 0.717) is 18.4 Å². The van der Waals surface area contributed by atoms with E-state index in [1.807, 2.05) is 45.9 Å². The van der Waals surface area contributed by atoms with Gasteiger partial charge in [0.25, 0.3) is 0 Å². The summed E-state index contributed by atoms with van der Waals surface area (Å²) < 4.78 is 0. The molecule has 202 valence electrons. The quantitative estimate of drug-likeness (QED) is 0.549. The van der Waals surface area contributed by atoms with E-state index in [9.17, 15) is 19.5 Å². The molecule has 7 nitrogen and oxygen atoms in total. The fraction of sp³-hybridized carbons (Fsp3) is 0.516. The van der Waals surface area contributed by atoms with Gasteiger partial charge in [-0.15, -0.1) is 0 Å². The molecule has 0 aromatic heterocycles. The Balaban J connectivity index is 1.52. The Morgan fingerprint density at radius 1 is 1.08 bits per heavy atom. The molecule has 5 atom stereocenters. The number of phenols is 1. The molecule has 2 heterocycles. The number of phenolic OH excluding ortho intramolecular Hbond substituents is 1. The van der Waals surface area contributed by atoms with Gasteiger partial charge in [-0.25, -0.2) is 0 Å². The number of benzene rings is 2. The Bertz CT molecular complexity index is 1260. The van der Waals surface area contributed by atoms with Crippen molar-refractivity contribution in [1.29, 1.82) is 0 Å². The smallest absolute Gasteiger partial charge is 0.246 e. The summed E-state index contributed by atoms with van der Waals surface area (Å²) >= 11 is 0.